The third-order valence-electron chi connectivity index (χ3n) is 8.41. The van der Waals surface area contributed by atoms with E-state index in [1.807, 2.05) is 69.4 Å². The van der Waals surface area contributed by atoms with Gasteiger partial charge in [-0.1, -0.05) is 68.4 Å². The van der Waals surface area contributed by atoms with E-state index >= 15 is 0 Å². The number of carbonyl (C=O) groups is 5. The molecular formula is C33H61N7O6S2. The lowest BCUT2D eigenvalue weighted by atomic mass is 9.85. The molecule has 1 aliphatic heterocycles. The van der Waals surface area contributed by atoms with Gasteiger partial charge in [0.2, 0.25) is 11.8 Å². The van der Waals surface area contributed by atoms with Gasteiger partial charge in [-0.05, 0) is 54.9 Å². The number of nitrogens with zero attached hydrogens (tertiary/aromatic N) is 2. The van der Waals surface area contributed by atoms with Crippen LogP contribution in [0.15, 0.2) is 12.7 Å². The normalized spacial score (nSPS) is 18.6. The summed E-state index contributed by atoms with van der Waals surface area (Å²) in [6.45, 7) is 23.1. The fourth-order valence-electron chi connectivity index (χ4n) is 5.27. The van der Waals surface area contributed by atoms with Crippen molar-refractivity contribution in [3.8, 4) is 0 Å². The molecule has 276 valence electrons. The van der Waals surface area contributed by atoms with Crippen molar-refractivity contribution in [3.63, 3.8) is 0 Å². The summed E-state index contributed by atoms with van der Waals surface area (Å²) in [7, 11) is 1.86. The molecule has 1 aliphatic rings. The summed E-state index contributed by atoms with van der Waals surface area (Å²) in [6, 6.07) is -2.77. The summed E-state index contributed by atoms with van der Waals surface area (Å²) in [4.78, 5) is 68.5. The van der Waals surface area contributed by atoms with E-state index in [9.17, 15) is 28.5 Å². The molecule has 0 aromatic heterocycles. The average molecular weight is 716 g/mol. The first-order valence-electron chi connectivity index (χ1n) is 16.8. The number of hydrogen-bond acceptors (Lipinski definition) is 10. The Bertz CT molecular complexity index is 1100. The van der Waals surface area contributed by atoms with Gasteiger partial charge in [-0.15, -0.1) is 18.3 Å². The number of rotatable bonds is 19. The van der Waals surface area contributed by atoms with Crippen molar-refractivity contribution in [2.45, 2.75) is 98.7 Å². The molecule has 1 fully saturated rings. The van der Waals surface area contributed by atoms with Gasteiger partial charge in [0.25, 0.3) is 11.7 Å². The van der Waals surface area contributed by atoms with Gasteiger partial charge in [0.05, 0.1) is 12.2 Å². The van der Waals surface area contributed by atoms with Crippen LogP contribution >= 0.6 is 24.0 Å². The first-order chi connectivity index (χ1) is 22.3. The maximum Gasteiger partial charge on any atom is 0.315 e. The summed E-state index contributed by atoms with van der Waals surface area (Å²) < 4.78 is 11.7. The van der Waals surface area contributed by atoms with Gasteiger partial charge in [0.15, 0.2) is 0 Å². The van der Waals surface area contributed by atoms with Crippen LogP contribution in [0.3, 0.4) is 0 Å². The first-order valence-corrected chi connectivity index (χ1v) is 18.5. The Labute approximate surface area is 296 Å². The zero-order valence-corrected chi connectivity index (χ0v) is 32.2. The number of urea groups is 1. The molecule has 48 heavy (non-hydrogen) atoms. The lowest BCUT2D eigenvalue weighted by molar-refractivity contribution is -0.143. The van der Waals surface area contributed by atoms with Crippen LogP contribution < -0.4 is 26.6 Å². The molecule has 6 N–H and O–H groups in total. The number of likely N-dealkylation sites (tertiary alicyclic amines) is 1. The van der Waals surface area contributed by atoms with Crippen molar-refractivity contribution in [3.05, 3.63) is 12.7 Å². The van der Waals surface area contributed by atoms with Crippen LogP contribution in [-0.2, 0) is 19.2 Å². The number of nitrogens with one attached hydrogen (secondary N) is 5. The third kappa shape index (κ3) is 13.9. The van der Waals surface area contributed by atoms with Crippen molar-refractivity contribution in [1.29, 1.82) is 0 Å². The van der Waals surface area contributed by atoms with E-state index < -0.39 is 52.4 Å². The predicted molar refractivity (Wildman–Crippen MR) is 195 cm³/mol. The summed E-state index contributed by atoms with van der Waals surface area (Å²) in [5.41, 5.74) is -1.09. The predicted octanol–water partition coefficient (Wildman–Crippen LogP) is 3.09. The fourth-order valence-corrected chi connectivity index (χ4v) is 6.49. The highest BCUT2D eigenvalue weighted by molar-refractivity contribution is 8.00. The minimum Gasteiger partial charge on any atom is -0.346 e. The minimum absolute atomic E-state index is 0.0122. The molecule has 0 bridgehead atoms. The van der Waals surface area contributed by atoms with Crippen molar-refractivity contribution >= 4 is 53.5 Å². The quantitative estimate of drug-likeness (QED) is 0.0292. The van der Waals surface area contributed by atoms with Gasteiger partial charge in [0.1, 0.15) is 17.5 Å². The smallest absolute Gasteiger partial charge is 0.315 e. The van der Waals surface area contributed by atoms with Crippen LogP contribution in [0.5, 0.6) is 0 Å². The van der Waals surface area contributed by atoms with Gasteiger partial charge < -0.3 is 36.0 Å². The second kappa shape index (κ2) is 20.4. The largest absolute Gasteiger partial charge is 0.346 e. The van der Waals surface area contributed by atoms with Gasteiger partial charge in [-0.25, -0.2) is 9.10 Å². The molecule has 13 nitrogen and oxygen atoms in total. The van der Waals surface area contributed by atoms with Crippen LogP contribution in [-0.4, -0.2) is 112 Å². The van der Waals surface area contributed by atoms with E-state index in [1.165, 1.54) is 11.0 Å². The number of amides is 5. The Balaban J connectivity index is 3.27. The second-order valence-electron chi connectivity index (χ2n) is 14.7. The van der Waals surface area contributed by atoms with Crippen molar-refractivity contribution in [2.24, 2.45) is 22.7 Å². The Morgan fingerprint density at radius 2 is 1.69 bits per heavy atom. The molecule has 0 saturated carbocycles. The standard InChI is InChI=1S/C33H61N7O6S2/c1-12-15-35-28(43)25(41)29(47-13-2)38-27(42)23-18-22(21(3)4)19-40(23)30(44)26(33(8,9)10)37-31(45)36-24(32(5,6)7)20-39(48-46)17-14-16-34-11/h12,21-24,26,29,34,46H,1,13-20H2,2-11H3,(H,35,43)(H,38,42)(H2,36,37,45)/t22-,23+,24-,26-,29?/m1/s1. The molecule has 5 amide bonds. The number of hydrogen-bond donors (Lipinski definition) is 6. The SMILES string of the molecule is C=CCNC(=O)C(=O)C(NC(=O)[C@@H]1C[C@@H](C(C)C)CN1C(=O)[C@@H](NC(=O)N[C@H](CN(CCCNC)SO)C(C)(C)C)C(C)(C)C)SCC. The first kappa shape index (κ1) is 43.7. The van der Waals surface area contributed by atoms with E-state index in [-0.39, 0.29) is 29.8 Å². The Morgan fingerprint density at radius 1 is 1.04 bits per heavy atom. The van der Waals surface area contributed by atoms with E-state index in [0.29, 0.717) is 44.0 Å². The fraction of sp³-hybridized carbons (Fsp3) is 0.788. The molecule has 1 unspecified atom stereocenters. The van der Waals surface area contributed by atoms with Crippen LogP contribution in [0.4, 0.5) is 4.79 Å². The second-order valence-corrected chi connectivity index (χ2v) is 16.8. The number of Topliss-reactive ketones (excluding diaryl/α,β-unsaturated/α-hetero) is 1. The number of ketones is 1. The van der Waals surface area contributed by atoms with E-state index in [4.69, 9.17) is 0 Å². The molecule has 1 saturated heterocycles. The summed E-state index contributed by atoms with van der Waals surface area (Å²) in [6.07, 6.45) is 2.65. The summed E-state index contributed by atoms with van der Waals surface area (Å²) in [5, 5.41) is 13.1. The maximum atomic E-state index is 14.3. The molecule has 0 aliphatic carbocycles. The van der Waals surface area contributed by atoms with Crippen molar-refractivity contribution in [2.75, 3.05) is 45.5 Å². The topological polar surface area (TPSA) is 172 Å². The zero-order chi connectivity index (χ0) is 36.8. The molecule has 0 aromatic rings. The Kier molecular flexibility index (Phi) is 18.5. The monoisotopic (exact) mass is 715 g/mol. The van der Waals surface area contributed by atoms with E-state index in [1.54, 1.807) is 4.31 Å². The van der Waals surface area contributed by atoms with E-state index in [0.717, 1.165) is 24.7 Å². The molecule has 0 aromatic carbocycles. The Morgan fingerprint density at radius 3 is 2.19 bits per heavy atom. The highest BCUT2D eigenvalue weighted by Crippen LogP contribution is 2.32. The lowest BCUT2D eigenvalue weighted by Gasteiger charge is -2.38. The van der Waals surface area contributed by atoms with Gasteiger partial charge >= 0.3 is 6.03 Å². The zero-order valence-electron chi connectivity index (χ0n) is 30.6. The number of thioether (sulfide) groups is 1. The molecule has 5 atom stereocenters. The van der Waals surface area contributed by atoms with Crippen LogP contribution in [0.2, 0.25) is 0 Å². The molecule has 15 heteroatoms. The van der Waals surface area contributed by atoms with Crippen molar-refractivity contribution < 1.29 is 28.5 Å². The average Bonchev–Trinajstić information content (AvgIpc) is 3.46. The molecule has 1 heterocycles. The summed E-state index contributed by atoms with van der Waals surface area (Å²) in [5.74, 6) is -1.88. The van der Waals surface area contributed by atoms with Crippen molar-refractivity contribution in [1.82, 2.24) is 35.8 Å². The van der Waals surface area contributed by atoms with Crippen LogP contribution in [0, 0.1) is 22.7 Å². The maximum absolute atomic E-state index is 14.3. The molecular weight excluding hydrogens is 655 g/mol. The highest BCUT2D eigenvalue weighted by atomic mass is 32.2. The molecule has 0 radical (unpaired) electrons. The van der Waals surface area contributed by atoms with Gasteiger partial charge in [0, 0.05) is 32.2 Å². The summed E-state index contributed by atoms with van der Waals surface area (Å²) >= 11 is 1.76. The molecule has 0 spiro atoms. The van der Waals surface area contributed by atoms with Crippen LogP contribution in [0.25, 0.3) is 0 Å². The van der Waals surface area contributed by atoms with Gasteiger partial charge in [-0.3, -0.25) is 19.2 Å². The van der Waals surface area contributed by atoms with E-state index in [2.05, 4.69) is 33.2 Å². The van der Waals surface area contributed by atoms with Crippen LogP contribution in [0.1, 0.15) is 75.2 Å². The third-order valence-corrected chi connectivity index (χ3v) is 9.97. The highest BCUT2D eigenvalue weighted by Gasteiger charge is 2.46. The molecule has 1 rings (SSSR count). The minimum atomic E-state index is -1.12. The number of carbonyl (C=O) groups excluding carboxylic acids is 5. The lowest BCUT2D eigenvalue weighted by Crippen LogP contribution is -2.61. The van der Waals surface area contributed by atoms with Gasteiger partial charge in [-0.2, -0.15) is 0 Å². The Hall–Kier alpha value is -2.33.